The molecule has 3 heterocycles. The van der Waals surface area contributed by atoms with Crippen molar-refractivity contribution in [3.8, 4) is 11.5 Å². The number of rotatable bonds is 11. The van der Waals surface area contributed by atoms with Gasteiger partial charge < -0.3 is 25.0 Å². The number of nitrogens with one attached hydrogen (secondary N) is 2. The molecule has 2 N–H and O–H groups in total. The maximum atomic E-state index is 14.4. The first kappa shape index (κ1) is 30.0. The Kier molecular flexibility index (Phi) is 9.00. The van der Waals surface area contributed by atoms with Gasteiger partial charge in [0.15, 0.2) is 17.4 Å². The van der Waals surface area contributed by atoms with Gasteiger partial charge in [0.1, 0.15) is 5.75 Å². The van der Waals surface area contributed by atoms with Crippen LogP contribution in [-0.2, 0) is 17.8 Å². The highest BCUT2D eigenvalue weighted by molar-refractivity contribution is 7.12. The van der Waals surface area contributed by atoms with Gasteiger partial charge in [0.05, 0.1) is 34.7 Å². The molecule has 1 saturated carbocycles. The van der Waals surface area contributed by atoms with Gasteiger partial charge in [0.2, 0.25) is 0 Å². The summed E-state index contributed by atoms with van der Waals surface area (Å²) in [4.78, 5) is 22.1. The van der Waals surface area contributed by atoms with Gasteiger partial charge >= 0.3 is 0 Å². The van der Waals surface area contributed by atoms with Crippen LogP contribution in [-0.4, -0.2) is 60.7 Å². The summed E-state index contributed by atoms with van der Waals surface area (Å²) in [5.41, 5.74) is 4.03. The molecule has 0 unspecified atom stereocenters. The molecule has 1 saturated heterocycles. The van der Waals surface area contributed by atoms with Crippen molar-refractivity contribution in [2.75, 3.05) is 26.8 Å². The Balaban J connectivity index is 1.21. The number of methoxy groups -OCH3 is 1. The molecule has 2 fully saturated rings. The molecule has 1 aromatic heterocycles. The number of piperazine rings is 1. The molecule has 3 aromatic rings. The second-order valence-corrected chi connectivity index (χ2v) is 12.8. The van der Waals surface area contributed by atoms with Crippen LogP contribution in [0.3, 0.4) is 0 Å². The van der Waals surface area contributed by atoms with E-state index in [0.29, 0.717) is 25.9 Å². The zero-order chi connectivity index (χ0) is 30.1. The average Bonchev–Trinajstić information content (AvgIpc) is 3.74. The van der Waals surface area contributed by atoms with Crippen molar-refractivity contribution in [2.45, 2.75) is 63.7 Å². The summed E-state index contributed by atoms with van der Waals surface area (Å²) in [5.74, 6) is -1.23. The second-order valence-electron chi connectivity index (χ2n) is 11.3. The molecule has 7 nitrogen and oxygen atoms in total. The molecule has 43 heavy (non-hydrogen) atoms. The third kappa shape index (κ3) is 6.43. The van der Waals surface area contributed by atoms with Crippen LogP contribution in [0.2, 0.25) is 5.02 Å². The number of aryl methyl sites for hydroxylation is 1. The highest BCUT2D eigenvalue weighted by Gasteiger charge is 2.41. The summed E-state index contributed by atoms with van der Waals surface area (Å²) in [6.45, 7) is 4.23. The van der Waals surface area contributed by atoms with E-state index in [4.69, 9.17) is 21.1 Å². The topological polar surface area (TPSA) is 75.7 Å². The molecule has 2 atom stereocenters. The summed E-state index contributed by atoms with van der Waals surface area (Å²) >= 11 is 7.34. The number of aromatic nitrogens is 1. The minimum absolute atomic E-state index is 0.0771. The van der Waals surface area contributed by atoms with Gasteiger partial charge in [-0.05, 0) is 67.5 Å². The summed E-state index contributed by atoms with van der Waals surface area (Å²) < 4.78 is 39.1. The number of thiazole rings is 1. The number of halogens is 3. The van der Waals surface area contributed by atoms with Crippen molar-refractivity contribution >= 4 is 34.4 Å². The molecule has 1 amide bonds. The molecule has 0 radical (unpaired) electrons. The molecular weight excluding hydrogens is 594 g/mol. The van der Waals surface area contributed by atoms with E-state index < -0.39 is 17.4 Å². The first-order valence-electron chi connectivity index (χ1n) is 14.7. The minimum atomic E-state index is -0.893. The zero-order valence-corrected chi connectivity index (χ0v) is 25.8. The van der Waals surface area contributed by atoms with Crippen LogP contribution in [0.5, 0.6) is 11.5 Å². The lowest BCUT2D eigenvalue weighted by Gasteiger charge is -2.40. The maximum absolute atomic E-state index is 14.4. The molecule has 2 aromatic carbocycles. The minimum Gasteiger partial charge on any atom is -0.496 e. The Labute approximate surface area is 259 Å². The van der Waals surface area contributed by atoms with Crippen molar-refractivity contribution < 1.29 is 23.0 Å². The van der Waals surface area contributed by atoms with Gasteiger partial charge in [0, 0.05) is 49.9 Å². The fourth-order valence-electron chi connectivity index (χ4n) is 5.95. The number of benzene rings is 2. The molecule has 228 valence electrons. The lowest BCUT2D eigenvalue weighted by Crippen LogP contribution is -2.59. The fourth-order valence-corrected chi connectivity index (χ4v) is 7.12. The van der Waals surface area contributed by atoms with E-state index in [-0.39, 0.29) is 35.7 Å². The highest BCUT2D eigenvalue weighted by Crippen LogP contribution is 2.38. The van der Waals surface area contributed by atoms with Crippen molar-refractivity contribution in [3.63, 3.8) is 0 Å². The fraction of sp³-hybridized carbons (Fsp3) is 0.438. The van der Waals surface area contributed by atoms with Gasteiger partial charge in [-0.25, -0.2) is 13.8 Å². The summed E-state index contributed by atoms with van der Waals surface area (Å²) in [6, 6.07) is 8.64. The lowest BCUT2D eigenvalue weighted by atomic mass is 9.86. The Morgan fingerprint density at radius 3 is 2.84 bits per heavy atom. The number of fused-ring (bicyclic) bond motifs is 2. The van der Waals surface area contributed by atoms with Crippen LogP contribution >= 0.6 is 22.9 Å². The summed E-state index contributed by atoms with van der Waals surface area (Å²) in [6.07, 6.45) is 5.72. The van der Waals surface area contributed by atoms with E-state index in [2.05, 4.69) is 21.7 Å². The molecule has 3 aliphatic rings. The molecule has 0 spiro atoms. The Hall–Kier alpha value is -3.05. The van der Waals surface area contributed by atoms with Gasteiger partial charge in [-0.15, -0.1) is 11.3 Å². The smallest absolute Gasteiger partial charge is 0.252 e. The predicted octanol–water partition coefficient (Wildman–Crippen LogP) is 5.68. The molecule has 2 bridgehead atoms. The number of hydrogen-bond donors (Lipinski definition) is 2. The van der Waals surface area contributed by atoms with E-state index in [0.717, 1.165) is 69.8 Å². The SMILES string of the molecule is COc1cccc(CN(C(=O)C2=C(c3cnc(CCCOc4c(F)ccc(Cl)c4F)s3)C[C@@H]3CNC[C@H]2N3)C2CC2)c1C. The third-order valence-electron chi connectivity index (χ3n) is 8.37. The van der Waals surface area contributed by atoms with E-state index >= 15 is 0 Å². The van der Waals surface area contributed by atoms with E-state index in [1.165, 1.54) is 6.07 Å². The Bertz CT molecular complexity index is 1540. The van der Waals surface area contributed by atoms with Crippen LogP contribution in [0.1, 0.15) is 46.7 Å². The van der Waals surface area contributed by atoms with E-state index in [9.17, 15) is 13.6 Å². The van der Waals surface area contributed by atoms with Crippen molar-refractivity contribution in [2.24, 2.45) is 0 Å². The first-order chi connectivity index (χ1) is 20.8. The molecule has 1 aliphatic carbocycles. The largest absolute Gasteiger partial charge is 0.496 e. The van der Waals surface area contributed by atoms with Crippen LogP contribution < -0.4 is 20.1 Å². The van der Waals surface area contributed by atoms with Crippen molar-refractivity contribution in [3.05, 3.63) is 79.8 Å². The van der Waals surface area contributed by atoms with Crippen LogP contribution in [0.25, 0.3) is 5.57 Å². The maximum Gasteiger partial charge on any atom is 0.252 e. The number of ether oxygens (including phenoxy) is 2. The summed E-state index contributed by atoms with van der Waals surface area (Å²) in [7, 11) is 1.67. The lowest BCUT2D eigenvalue weighted by molar-refractivity contribution is -0.128. The zero-order valence-electron chi connectivity index (χ0n) is 24.2. The van der Waals surface area contributed by atoms with E-state index in [1.54, 1.807) is 18.4 Å². The average molecular weight is 629 g/mol. The first-order valence-corrected chi connectivity index (χ1v) is 15.9. The second kappa shape index (κ2) is 12.9. The third-order valence-corrected chi connectivity index (χ3v) is 9.78. The van der Waals surface area contributed by atoms with Gasteiger partial charge in [-0.3, -0.25) is 4.79 Å². The van der Waals surface area contributed by atoms with Gasteiger partial charge in [-0.2, -0.15) is 0 Å². The number of carbonyl (C=O) groups excluding carboxylic acids is 1. The Morgan fingerprint density at radius 2 is 2.05 bits per heavy atom. The van der Waals surface area contributed by atoms with Crippen LogP contribution in [0.15, 0.2) is 42.1 Å². The molecule has 11 heteroatoms. The number of hydrogen-bond acceptors (Lipinski definition) is 7. The van der Waals surface area contributed by atoms with Gasteiger partial charge in [0.25, 0.3) is 5.91 Å². The van der Waals surface area contributed by atoms with Gasteiger partial charge in [-0.1, -0.05) is 23.7 Å². The summed E-state index contributed by atoms with van der Waals surface area (Å²) in [5, 5.41) is 7.88. The van der Waals surface area contributed by atoms with Crippen LogP contribution in [0, 0.1) is 18.6 Å². The van der Waals surface area contributed by atoms with Crippen molar-refractivity contribution in [1.82, 2.24) is 20.5 Å². The molecule has 2 aliphatic heterocycles. The number of carbonyl (C=O) groups is 1. The van der Waals surface area contributed by atoms with Crippen molar-refractivity contribution in [1.29, 1.82) is 0 Å². The highest BCUT2D eigenvalue weighted by atomic mass is 35.5. The standard InChI is InChI=1S/C32H35ClF2N4O3S/c1-18-19(5-3-6-26(18)41-2)17-39(21-8-9-21)32(40)29-22(13-20-14-36-15-25(29)38-20)27-16-37-28(43-27)7-4-12-42-31-24(34)11-10-23(33)30(31)35/h3,5-6,10-11,16,20-21,25,36,38H,4,7-9,12-15,17H2,1-2H3/t20-,25-/m1/s1. The predicted molar refractivity (Wildman–Crippen MR) is 164 cm³/mol. The number of nitrogens with zero attached hydrogens (tertiary/aromatic N) is 2. The molecular formula is C32H35ClF2N4O3S. The number of amides is 1. The monoisotopic (exact) mass is 628 g/mol. The normalized spacial score (nSPS) is 19.8. The quantitative estimate of drug-likeness (QED) is 0.210. The Morgan fingerprint density at radius 1 is 1.21 bits per heavy atom. The van der Waals surface area contributed by atoms with Crippen LogP contribution in [0.4, 0.5) is 8.78 Å². The van der Waals surface area contributed by atoms with E-state index in [1.807, 2.05) is 30.2 Å². The molecule has 6 rings (SSSR count).